The van der Waals surface area contributed by atoms with E-state index in [0.717, 1.165) is 0 Å². The molecule has 0 aliphatic carbocycles. The van der Waals surface area contributed by atoms with Crippen LogP contribution in [-0.4, -0.2) is 37.3 Å². The lowest BCUT2D eigenvalue weighted by Gasteiger charge is -2.13. The average molecular weight is 225 g/mol. The summed E-state index contributed by atoms with van der Waals surface area (Å²) >= 11 is 3.92. The van der Waals surface area contributed by atoms with Crippen molar-refractivity contribution in [1.82, 2.24) is 15.2 Å². The number of H-pyrrole nitrogens is 1. The minimum Gasteiger partial charge on any atom is -0.389 e. The molecule has 2 rings (SSSR count). The van der Waals surface area contributed by atoms with Crippen molar-refractivity contribution in [1.29, 1.82) is 0 Å². The van der Waals surface area contributed by atoms with E-state index in [2.05, 4.69) is 27.8 Å². The zero-order valence-electron chi connectivity index (χ0n) is 7.83. The molecule has 0 spiro atoms. The van der Waals surface area contributed by atoms with Crippen LogP contribution in [0.3, 0.4) is 0 Å². The van der Waals surface area contributed by atoms with Crippen molar-refractivity contribution in [3.63, 3.8) is 0 Å². The second-order valence-electron chi connectivity index (χ2n) is 3.21. The normalized spacial score (nSPS) is 15.4. The smallest absolute Gasteiger partial charge is 0.181 e. The summed E-state index contributed by atoms with van der Waals surface area (Å²) in [7, 11) is 0. The van der Waals surface area contributed by atoms with Gasteiger partial charge in [-0.2, -0.15) is 17.7 Å². The van der Waals surface area contributed by atoms with Gasteiger partial charge in [-0.3, -0.25) is 5.10 Å². The van der Waals surface area contributed by atoms with E-state index in [9.17, 15) is 10.2 Å². The standard InChI is InChI=1S/C9H11N3O2S/c13-6(4-15)8(14)7-5-2-1-3-10-9(5)12-11-7/h1-3,6,8,13-15H,4H2,(H,10,11,12). The maximum Gasteiger partial charge on any atom is 0.181 e. The van der Waals surface area contributed by atoms with Crippen molar-refractivity contribution in [3.05, 3.63) is 24.0 Å². The fourth-order valence-corrected chi connectivity index (χ4v) is 1.59. The van der Waals surface area contributed by atoms with Gasteiger partial charge in [0.1, 0.15) is 6.10 Å². The monoisotopic (exact) mass is 225 g/mol. The minimum absolute atomic E-state index is 0.182. The molecular formula is C9H11N3O2S. The number of rotatable bonds is 3. The summed E-state index contributed by atoms with van der Waals surface area (Å²) in [5.41, 5.74) is 0.998. The van der Waals surface area contributed by atoms with Gasteiger partial charge >= 0.3 is 0 Å². The fourth-order valence-electron chi connectivity index (χ4n) is 1.39. The van der Waals surface area contributed by atoms with Gasteiger partial charge in [-0.1, -0.05) is 0 Å². The SMILES string of the molecule is OC(CS)C(O)c1[nH]nc2ncccc12. The summed E-state index contributed by atoms with van der Waals surface area (Å²) in [6.45, 7) is 0. The third-order valence-electron chi connectivity index (χ3n) is 2.21. The summed E-state index contributed by atoms with van der Waals surface area (Å²) in [4.78, 5) is 4.02. The average Bonchev–Trinajstić information content (AvgIpc) is 2.70. The predicted octanol–water partition coefficient (Wildman–Crippen LogP) is 0.282. The number of pyridine rings is 1. The van der Waals surface area contributed by atoms with Crippen LogP contribution in [0.2, 0.25) is 0 Å². The van der Waals surface area contributed by atoms with Gasteiger partial charge in [0.2, 0.25) is 0 Å². The first-order chi connectivity index (χ1) is 7.24. The molecule has 2 atom stereocenters. The fraction of sp³-hybridized carbons (Fsp3) is 0.333. The molecule has 2 aromatic rings. The number of aliphatic hydroxyl groups is 2. The number of fused-ring (bicyclic) bond motifs is 1. The maximum absolute atomic E-state index is 9.78. The summed E-state index contributed by atoms with van der Waals surface area (Å²) in [6, 6.07) is 3.54. The first-order valence-corrected chi connectivity index (χ1v) is 5.13. The Balaban J connectivity index is 2.43. The Hall–Kier alpha value is -1.11. The van der Waals surface area contributed by atoms with Crippen molar-refractivity contribution < 1.29 is 10.2 Å². The predicted molar refractivity (Wildman–Crippen MR) is 58.7 cm³/mol. The number of nitrogens with one attached hydrogen (secondary N) is 1. The van der Waals surface area contributed by atoms with Gasteiger partial charge in [-0.15, -0.1) is 0 Å². The van der Waals surface area contributed by atoms with Gasteiger partial charge in [0, 0.05) is 17.3 Å². The Morgan fingerprint density at radius 2 is 2.27 bits per heavy atom. The topological polar surface area (TPSA) is 82.0 Å². The van der Waals surface area contributed by atoms with Gasteiger partial charge in [0.15, 0.2) is 5.65 Å². The molecular weight excluding hydrogens is 214 g/mol. The number of hydrogen-bond acceptors (Lipinski definition) is 5. The highest BCUT2D eigenvalue weighted by atomic mass is 32.1. The zero-order chi connectivity index (χ0) is 10.8. The third-order valence-corrected chi connectivity index (χ3v) is 2.58. The molecule has 0 radical (unpaired) electrons. The van der Waals surface area contributed by atoms with Crippen molar-refractivity contribution in [2.45, 2.75) is 12.2 Å². The molecule has 0 saturated heterocycles. The molecule has 2 aromatic heterocycles. The van der Waals surface area contributed by atoms with E-state index < -0.39 is 12.2 Å². The second-order valence-corrected chi connectivity index (χ2v) is 3.57. The molecule has 15 heavy (non-hydrogen) atoms. The molecule has 0 saturated carbocycles. The van der Waals surface area contributed by atoms with Gasteiger partial charge in [-0.05, 0) is 12.1 Å². The van der Waals surface area contributed by atoms with E-state index in [4.69, 9.17) is 0 Å². The Morgan fingerprint density at radius 3 is 3.00 bits per heavy atom. The summed E-state index contributed by atoms with van der Waals surface area (Å²) < 4.78 is 0. The van der Waals surface area contributed by atoms with E-state index in [1.807, 2.05) is 0 Å². The summed E-state index contributed by atoms with van der Waals surface area (Å²) in [5.74, 6) is 0.182. The number of nitrogens with zero attached hydrogens (tertiary/aromatic N) is 2. The molecule has 3 N–H and O–H groups in total. The highest BCUT2D eigenvalue weighted by Gasteiger charge is 2.21. The number of aliphatic hydroxyl groups excluding tert-OH is 2. The van der Waals surface area contributed by atoms with Gasteiger partial charge in [0.25, 0.3) is 0 Å². The first kappa shape index (κ1) is 10.4. The van der Waals surface area contributed by atoms with E-state index in [-0.39, 0.29) is 5.75 Å². The molecule has 6 heteroatoms. The van der Waals surface area contributed by atoms with Crippen LogP contribution in [0.1, 0.15) is 11.8 Å². The molecule has 80 valence electrons. The van der Waals surface area contributed by atoms with E-state index >= 15 is 0 Å². The summed E-state index contributed by atoms with van der Waals surface area (Å²) in [6.07, 6.45) is -0.317. The number of aromatic nitrogens is 3. The van der Waals surface area contributed by atoms with Crippen LogP contribution in [0, 0.1) is 0 Å². The highest BCUT2D eigenvalue weighted by Crippen LogP contribution is 2.22. The Kier molecular flexibility index (Phi) is 2.90. The Bertz CT molecular complexity index is 459. The van der Waals surface area contributed by atoms with E-state index in [0.29, 0.717) is 16.7 Å². The van der Waals surface area contributed by atoms with Gasteiger partial charge in [0.05, 0.1) is 11.8 Å². The van der Waals surface area contributed by atoms with E-state index in [1.165, 1.54) is 0 Å². The molecule has 2 unspecified atom stereocenters. The number of hydrogen-bond donors (Lipinski definition) is 4. The van der Waals surface area contributed by atoms with Gasteiger partial charge in [-0.25, -0.2) is 4.98 Å². The molecule has 0 bridgehead atoms. The molecule has 0 amide bonds. The van der Waals surface area contributed by atoms with Crippen LogP contribution in [0.15, 0.2) is 18.3 Å². The quantitative estimate of drug-likeness (QED) is 0.566. The zero-order valence-corrected chi connectivity index (χ0v) is 8.72. The first-order valence-electron chi connectivity index (χ1n) is 4.50. The lowest BCUT2D eigenvalue weighted by atomic mass is 10.1. The van der Waals surface area contributed by atoms with Crippen molar-refractivity contribution in [2.24, 2.45) is 0 Å². The Labute approximate surface area is 91.6 Å². The lowest BCUT2D eigenvalue weighted by Crippen LogP contribution is -2.20. The largest absolute Gasteiger partial charge is 0.389 e. The maximum atomic E-state index is 9.78. The van der Waals surface area contributed by atoms with Crippen LogP contribution in [-0.2, 0) is 0 Å². The minimum atomic E-state index is -1.02. The number of aromatic amines is 1. The van der Waals surface area contributed by atoms with Crippen molar-refractivity contribution in [3.8, 4) is 0 Å². The van der Waals surface area contributed by atoms with Crippen LogP contribution in [0.25, 0.3) is 11.0 Å². The second kappa shape index (κ2) is 4.18. The van der Waals surface area contributed by atoms with Crippen molar-refractivity contribution in [2.75, 3.05) is 5.75 Å². The van der Waals surface area contributed by atoms with Gasteiger partial charge < -0.3 is 10.2 Å². The lowest BCUT2D eigenvalue weighted by molar-refractivity contribution is 0.0319. The Morgan fingerprint density at radius 1 is 1.47 bits per heavy atom. The van der Waals surface area contributed by atoms with Crippen molar-refractivity contribution >= 4 is 23.7 Å². The highest BCUT2D eigenvalue weighted by molar-refractivity contribution is 7.80. The molecule has 5 nitrogen and oxygen atoms in total. The number of thiol groups is 1. The molecule has 2 heterocycles. The van der Waals surface area contributed by atoms with Crippen LogP contribution in [0.4, 0.5) is 0 Å². The summed E-state index contributed by atoms with van der Waals surface area (Å²) in [5, 5.41) is 26.6. The molecule has 0 fully saturated rings. The molecule has 0 aromatic carbocycles. The molecule has 0 aliphatic rings. The van der Waals surface area contributed by atoms with Crippen LogP contribution >= 0.6 is 12.6 Å². The van der Waals surface area contributed by atoms with Crippen LogP contribution < -0.4 is 0 Å². The van der Waals surface area contributed by atoms with E-state index in [1.54, 1.807) is 18.3 Å². The van der Waals surface area contributed by atoms with Crippen LogP contribution in [0.5, 0.6) is 0 Å². The molecule has 0 aliphatic heterocycles. The third kappa shape index (κ3) is 1.83.